The van der Waals surface area contributed by atoms with Crippen LogP contribution in [0.1, 0.15) is 0 Å². The summed E-state index contributed by atoms with van der Waals surface area (Å²) in [5.74, 6) is 0. The molecule has 3 heteroatoms. The lowest BCUT2D eigenvalue weighted by Crippen LogP contribution is -1.21. The van der Waals surface area contributed by atoms with Gasteiger partial charge >= 0.3 is 0 Å². The zero-order valence-electron chi connectivity index (χ0n) is 2.10. The maximum atomic E-state index is 7.08. The van der Waals surface area contributed by atoms with Crippen LogP contribution in [0.25, 0.3) is 5.53 Å². The van der Waals surface area contributed by atoms with Crippen molar-refractivity contribution in [1.82, 2.24) is 0 Å². The highest BCUT2D eigenvalue weighted by molar-refractivity contribution is 5.75. The smallest absolute Gasteiger partial charge is 0.245 e. The first kappa shape index (κ1) is 9.51. The van der Waals surface area contributed by atoms with Crippen LogP contribution in [-0.2, 0) is 0 Å². The van der Waals surface area contributed by atoms with Gasteiger partial charge in [-0.1, -0.05) is 0 Å². The van der Waals surface area contributed by atoms with E-state index in [0.29, 0.717) is 0 Å². The minimum absolute atomic E-state index is 0. The van der Waals surface area contributed by atoms with Crippen molar-refractivity contribution in [2.45, 2.75) is 0 Å². The summed E-state index contributed by atoms with van der Waals surface area (Å²) in [5.41, 5.74) is 7.08. The monoisotopic (exact) mass is 70.0 g/mol. The summed E-state index contributed by atoms with van der Waals surface area (Å²) < 4.78 is 0. The molecule has 0 spiro atoms. The number of rotatable bonds is 0. The van der Waals surface area contributed by atoms with Gasteiger partial charge in [0, 0.05) is 11.0 Å². The van der Waals surface area contributed by atoms with E-state index in [9.17, 15) is 0 Å². The van der Waals surface area contributed by atoms with Crippen molar-refractivity contribution in [3.05, 3.63) is 5.53 Å². The first-order valence-corrected chi connectivity index (χ1v) is 0.516. The molecule has 0 saturated heterocycles. The molecular weight excluding hydrogens is 68.1 g/mol. The predicted octanol–water partition coefficient (Wildman–Crippen LogP) is -0.464. The molecule has 0 N–H and O–H groups in total. The molecule has 0 saturated carbocycles. The molecule has 0 heterocycles. The highest BCUT2D eigenvalue weighted by Gasteiger charge is 0.932. The van der Waals surface area contributed by atoms with Crippen LogP contribution in [-0.4, -0.2) is 22.5 Å². The molecule has 0 bridgehead atoms. The van der Waals surface area contributed by atoms with Crippen molar-refractivity contribution in [1.29, 1.82) is 0 Å². The van der Waals surface area contributed by atoms with Gasteiger partial charge in [0.1, 0.15) is 0 Å². The Morgan fingerprint density at radius 3 is 1.75 bits per heavy atom. The van der Waals surface area contributed by atoms with E-state index in [1.807, 2.05) is 0 Å². The molecule has 0 atom stereocenters. The average molecular weight is 70.1 g/mol. The molecule has 0 aliphatic heterocycles. The Hall–Kier alpha value is -0.403. The summed E-state index contributed by atoms with van der Waals surface area (Å²) >= 11 is 0. The van der Waals surface area contributed by atoms with E-state index in [0.717, 1.165) is 0 Å². The van der Waals surface area contributed by atoms with Crippen LogP contribution in [0.3, 0.4) is 0 Å². The van der Waals surface area contributed by atoms with Gasteiger partial charge in [0.2, 0.25) is 6.72 Å². The van der Waals surface area contributed by atoms with Crippen LogP contribution in [0.2, 0.25) is 0 Å². The lowest BCUT2D eigenvalue weighted by molar-refractivity contribution is 0.0110. The van der Waals surface area contributed by atoms with Crippen molar-refractivity contribution < 1.29 is 4.79 Å². The quantitative estimate of drug-likeness (QED) is 0.160. The van der Waals surface area contributed by atoms with Crippen LogP contribution < -0.4 is 0 Å². The third-order valence-corrected chi connectivity index (χ3v) is 0. The van der Waals surface area contributed by atoms with Crippen molar-refractivity contribution in [3.8, 4) is 0 Å². The summed E-state index contributed by atoms with van der Waals surface area (Å²) in [6.07, 6.45) is 0. The van der Waals surface area contributed by atoms with Gasteiger partial charge in [-0.15, -0.1) is 0 Å². The van der Waals surface area contributed by atoms with Gasteiger partial charge in [0.15, 0.2) is 0 Å². The fraction of sp³-hybridized carbons (Fsp3) is 0. The third-order valence-electron chi connectivity index (χ3n) is 0. The highest BCUT2D eigenvalue weighted by atomic mass is 28.1. The van der Waals surface area contributed by atoms with Crippen molar-refractivity contribution in [3.63, 3.8) is 0 Å². The molecule has 0 fully saturated rings. The molecule has 0 aliphatic carbocycles. The Balaban J connectivity index is 0. The Bertz CT molecular complexity index is 27.0. The van der Waals surface area contributed by atoms with E-state index in [1.165, 1.54) is 0 Å². The van der Waals surface area contributed by atoms with E-state index < -0.39 is 0 Å². The van der Waals surface area contributed by atoms with Gasteiger partial charge in [-0.25, -0.2) is 0 Å². The van der Waals surface area contributed by atoms with Gasteiger partial charge in [-0.2, -0.15) is 4.79 Å². The zero-order chi connectivity index (χ0) is 2.71. The Morgan fingerprint density at radius 1 is 1.75 bits per heavy atom. The zero-order valence-corrected chi connectivity index (χ0v) is 3.10. The SMILES string of the molecule is C=[N+]=[N-].[Si]. The Morgan fingerprint density at radius 2 is 1.75 bits per heavy atom. The van der Waals surface area contributed by atoms with Gasteiger partial charge in [0.05, 0.1) is 0 Å². The average Bonchev–Trinajstić information content (AvgIpc) is 0.918. The fourth-order valence-corrected chi connectivity index (χ4v) is 0. The van der Waals surface area contributed by atoms with Gasteiger partial charge in [-0.3, -0.25) is 0 Å². The van der Waals surface area contributed by atoms with Gasteiger partial charge < -0.3 is 5.53 Å². The summed E-state index contributed by atoms with van der Waals surface area (Å²) in [6.45, 7) is 2.67. The Kier molecular flexibility index (Phi) is 44.2. The third kappa shape index (κ3) is 3.50. The molecule has 0 aromatic heterocycles. The number of hydrogen-bond acceptors (Lipinski definition) is 0. The topological polar surface area (TPSA) is 36.4 Å². The molecule has 4 heavy (non-hydrogen) atoms. The molecular formula is CH2N2Si. The molecule has 2 nitrogen and oxygen atoms in total. The molecule has 0 aromatic rings. The molecule has 0 aromatic carbocycles. The predicted molar refractivity (Wildman–Crippen MR) is 16.5 cm³/mol. The maximum absolute atomic E-state index is 7.08. The van der Waals surface area contributed by atoms with E-state index in [2.05, 4.69) is 11.5 Å². The van der Waals surface area contributed by atoms with Crippen molar-refractivity contribution >= 4 is 17.7 Å². The molecule has 0 aliphatic rings. The Labute approximate surface area is 29.1 Å². The van der Waals surface area contributed by atoms with Crippen molar-refractivity contribution in [2.24, 2.45) is 0 Å². The second kappa shape index (κ2) is 18.6. The number of hydrogen-bond donors (Lipinski definition) is 0. The second-order valence-corrected chi connectivity index (χ2v) is 0.141. The molecule has 0 rings (SSSR count). The van der Waals surface area contributed by atoms with Crippen LogP contribution in [0.4, 0.5) is 0 Å². The first-order valence-electron chi connectivity index (χ1n) is 0.516. The normalized spacial score (nSPS) is 2.00. The number of nitrogens with zero attached hydrogens (tertiary/aromatic N) is 2. The van der Waals surface area contributed by atoms with E-state index in [1.54, 1.807) is 0 Å². The standard InChI is InChI=1S/CH2N2.Si/c1-3-2;/h1H2;. The summed E-state index contributed by atoms with van der Waals surface area (Å²) in [6, 6.07) is 0. The molecule has 0 amide bonds. The molecule has 0 unspecified atom stereocenters. The minimum atomic E-state index is 0. The summed E-state index contributed by atoms with van der Waals surface area (Å²) in [4.78, 5) is 2.25. The summed E-state index contributed by atoms with van der Waals surface area (Å²) in [5, 5.41) is 0. The second-order valence-electron chi connectivity index (χ2n) is 0.141. The van der Waals surface area contributed by atoms with E-state index >= 15 is 0 Å². The van der Waals surface area contributed by atoms with Gasteiger partial charge in [0.25, 0.3) is 0 Å². The largest absolute Gasteiger partial charge is 0.362 e. The van der Waals surface area contributed by atoms with E-state index in [4.69, 9.17) is 5.53 Å². The van der Waals surface area contributed by atoms with Crippen LogP contribution in [0.5, 0.6) is 0 Å². The highest BCUT2D eigenvalue weighted by Crippen LogP contribution is 0.902. The van der Waals surface area contributed by atoms with Crippen LogP contribution in [0, 0.1) is 0 Å². The minimum Gasteiger partial charge on any atom is -0.362 e. The van der Waals surface area contributed by atoms with Crippen LogP contribution in [0.15, 0.2) is 0 Å². The van der Waals surface area contributed by atoms with E-state index in [-0.39, 0.29) is 11.0 Å². The maximum Gasteiger partial charge on any atom is 0.245 e. The lowest BCUT2D eigenvalue weighted by atomic mass is 11.8. The molecule has 20 valence electrons. The van der Waals surface area contributed by atoms with Gasteiger partial charge in [-0.05, 0) is 0 Å². The lowest BCUT2D eigenvalue weighted by Gasteiger charge is -1.16. The first-order chi connectivity index (χ1) is 1.41. The van der Waals surface area contributed by atoms with Crippen molar-refractivity contribution in [2.75, 3.05) is 0 Å². The summed E-state index contributed by atoms with van der Waals surface area (Å²) in [7, 11) is 0. The van der Waals surface area contributed by atoms with Crippen LogP contribution >= 0.6 is 0 Å². The molecule has 4 radical (unpaired) electrons. The fourth-order valence-electron chi connectivity index (χ4n) is 0.